The summed E-state index contributed by atoms with van der Waals surface area (Å²) < 4.78 is 25.3. The van der Waals surface area contributed by atoms with Crippen LogP contribution in [0.15, 0.2) is 59.1 Å². The normalized spacial score (nSPS) is 24.1. The van der Waals surface area contributed by atoms with Crippen molar-refractivity contribution in [2.24, 2.45) is 5.92 Å². The van der Waals surface area contributed by atoms with Crippen LogP contribution < -0.4 is 9.64 Å². The van der Waals surface area contributed by atoms with Crippen molar-refractivity contribution in [3.05, 3.63) is 77.4 Å². The molecule has 0 N–H and O–H groups in total. The molecule has 1 aromatic heterocycles. The van der Waals surface area contributed by atoms with Gasteiger partial charge in [-0.25, -0.2) is 4.39 Å². The van der Waals surface area contributed by atoms with E-state index < -0.39 is 17.3 Å². The zero-order valence-electron chi connectivity index (χ0n) is 22.3. The summed E-state index contributed by atoms with van der Waals surface area (Å²) in [6, 6.07) is 15.8. The van der Waals surface area contributed by atoms with Crippen LogP contribution in [0, 0.1) is 18.7 Å². The van der Waals surface area contributed by atoms with Gasteiger partial charge in [0.25, 0.3) is 0 Å². The maximum absolute atomic E-state index is 14.3. The summed E-state index contributed by atoms with van der Waals surface area (Å²) in [5, 5.41) is 4.02. The number of hydrogen-bond donors (Lipinski definition) is 0. The predicted molar refractivity (Wildman–Crippen MR) is 141 cm³/mol. The van der Waals surface area contributed by atoms with Crippen LogP contribution in [0.3, 0.4) is 0 Å². The number of aromatic nitrogens is 1. The van der Waals surface area contributed by atoms with Crippen molar-refractivity contribution in [2.75, 3.05) is 11.4 Å². The number of carbonyl (C=O) groups excluding carboxylic acids is 2. The number of benzene rings is 2. The number of halogens is 1. The van der Waals surface area contributed by atoms with Gasteiger partial charge in [-0.3, -0.25) is 19.4 Å². The Kier molecular flexibility index (Phi) is 7.09. The van der Waals surface area contributed by atoms with Gasteiger partial charge in [-0.15, -0.1) is 0 Å². The Hall–Kier alpha value is -3.52. The number of aryl methyl sites for hydroxylation is 1. The fourth-order valence-electron chi connectivity index (χ4n) is 5.96. The lowest BCUT2D eigenvalue weighted by molar-refractivity contribution is -0.129. The topological polar surface area (TPSA) is 75.9 Å². The maximum Gasteiger partial charge on any atom is 0.238 e. The van der Waals surface area contributed by atoms with Crippen molar-refractivity contribution in [2.45, 2.75) is 71.2 Å². The highest BCUT2D eigenvalue weighted by molar-refractivity contribution is 6.22. The highest BCUT2D eigenvalue weighted by Crippen LogP contribution is 2.45. The van der Waals surface area contributed by atoms with Crippen LogP contribution in [0.2, 0.25) is 0 Å². The fraction of sp³-hybridized carbons (Fsp3) is 0.433. The molecule has 7 nitrogen and oxygen atoms in total. The van der Waals surface area contributed by atoms with Crippen molar-refractivity contribution >= 4 is 17.4 Å². The number of piperidine rings is 1. The first-order chi connectivity index (χ1) is 18.2. The Morgan fingerprint density at radius 2 is 1.95 bits per heavy atom. The summed E-state index contributed by atoms with van der Waals surface area (Å²) >= 11 is 0. The molecule has 1 unspecified atom stereocenters. The van der Waals surface area contributed by atoms with Crippen molar-refractivity contribution < 1.29 is 23.2 Å². The van der Waals surface area contributed by atoms with Crippen LogP contribution in [-0.4, -0.2) is 46.0 Å². The molecule has 1 spiro atoms. The van der Waals surface area contributed by atoms with E-state index in [2.05, 4.69) is 29.1 Å². The van der Waals surface area contributed by atoms with Crippen molar-refractivity contribution in [3.63, 3.8) is 0 Å². The fourth-order valence-corrected chi connectivity index (χ4v) is 5.96. The number of hydrogen-bond acceptors (Lipinski definition) is 6. The van der Waals surface area contributed by atoms with Gasteiger partial charge in [0.05, 0.1) is 11.8 Å². The van der Waals surface area contributed by atoms with E-state index in [1.807, 2.05) is 26.0 Å². The van der Waals surface area contributed by atoms with Gasteiger partial charge in [-0.2, -0.15) is 0 Å². The molecule has 3 aromatic rings. The van der Waals surface area contributed by atoms with E-state index in [1.54, 1.807) is 30.0 Å². The molecule has 2 aliphatic heterocycles. The predicted octanol–water partition coefficient (Wildman–Crippen LogP) is 5.11. The van der Waals surface area contributed by atoms with E-state index in [0.717, 1.165) is 11.3 Å². The number of nitrogens with zero attached hydrogens (tertiary/aromatic N) is 3. The molecule has 0 aliphatic carbocycles. The minimum Gasteiger partial charge on any atom is -0.491 e. The Morgan fingerprint density at radius 3 is 2.63 bits per heavy atom. The van der Waals surface area contributed by atoms with Crippen molar-refractivity contribution in [1.82, 2.24) is 10.1 Å². The van der Waals surface area contributed by atoms with E-state index in [1.165, 1.54) is 12.1 Å². The Labute approximate surface area is 222 Å². The number of rotatable bonds is 7. The van der Waals surface area contributed by atoms with Gasteiger partial charge in [0, 0.05) is 37.3 Å². The summed E-state index contributed by atoms with van der Waals surface area (Å²) in [6.45, 7) is 9.19. The molecule has 2 fully saturated rings. The van der Waals surface area contributed by atoms with Crippen LogP contribution in [0.1, 0.15) is 50.6 Å². The molecule has 200 valence electrons. The average Bonchev–Trinajstić information content (AvgIpc) is 3.35. The molecule has 3 atom stereocenters. The molecule has 5 rings (SSSR count). The summed E-state index contributed by atoms with van der Waals surface area (Å²) in [6.07, 6.45) is 1.19. The lowest BCUT2D eigenvalue weighted by Crippen LogP contribution is -2.59. The molecule has 1 amide bonds. The van der Waals surface area contributed by atoms with Crippen LogP contribution >= 0.6 is 0 Å². The second-order valence-corrected chi connectivity index (χ2v) is 10.8. The average molecular weight is 520 g/mol. The van der Waals surface area contributed by atoms with E-state index in [0.29, 0.717) is 43.1 Å². The lowest BCUT2D eigenvalue weighted by atomic mass is 9.77. The number of amides is 1. The number of ether oxygens (including phenoxy) is 1. The van der Waals surface area contributed by atoms with E-state index in [-0.39, 0.29) is 30.3 Å². The third kappa shape index (κ3) is 4.97. The van der Waals surface area contributed by atoms with Gasteiger partial charge < -0.3 is 9.26 Å². The molecular weight excluding hydrogens is 485 g/mol. The summed E-state index contributed by atoms with van der Waals surface area (Å²) in [4.78, 5) is 31.8. The SMILES string of the molecule is Cc1cc(CC2C(=O)N(c3cccc(F)c3)[C@@]3(CCN(Cc4cccc(OC(C)C)c4)[C@@H](C)C3)C2=O)no1. The maximum atomic E-state index is 14.3. The lowest BCUT2D eigenvalue weighted by Gasteiger charge is -2.47. The molecule has 0 saturated carbocycles. The van der Waals surface area contributed by atoms with Gasteiger partial charge in [0.1, 0.15) is 28.8 Å². The summed E-state index contributed by atoms with van der Waals surface area (Å²) in [5.74, 6) is -0.293. The molecule has 3 heterocycles. The number of Topliss-reactive ketones (excluding diaryl/α,β-unsaturated/α-hetero) is 1. The first-order valence-electron chi connectivity index (χ1n) is 13.2. The van der Waals surface area contributed by atoms with Crippen LogP contribution in [0.5, 0.6) is 5.75 Å². The number of likely N-dealkylation sites (tertiary alicyclic amines) is 1. The zero-order chi connectivity index (χ0) is 27.0. The van der Waals surface area contributed by atoms with Crippen molar-refractivity contribution in [3.8, 4) is 5.75 Å². The van der Waals surface area contributed by atoms with Gasteiger partial charge in [-0.05, 0) is 76.4 Å². The first kappa shape index (κ1) is 26.1. The third-order valence-electron chi connectivity index (χ3n) is 7.60. The Morgan fingerprint density at radius 1 is 1.16 bits per heavy atom. The molecular formula is C30H34FN3O4. The Balaban J connectivity index is 1.42. The Bertz CT molecular complexity index is 1340. The standard InChI is InChI=1S/C30H34FN3O4/c1-19(2)37-26-10-5-7-22(14-26)18-33-12-11-30(17-20(33)3)28(35)27(16-24-13-21(4)38-32-24)29(36)34(30)25-9-6-8-23(31)15-25/h5-10,13-15,19-20,27H,11-12,16-18H2,1-4H3/t20-,27?,30+/m0/s1. The first-order valence-corrected chi connectivity index (χ1v) is 13.2. The highest BCUT2D eigenvalue weighted by Gasteiger charge is 2.60. The number of carbonyl (C=O) groups is 2. The smallest absolute Gasteiger partial charge is 0.238 e. The van der Waals surface area contributed by atoms with Crippen LogP contribution in [-0.2, 0) is 22.6 Å². The van der Waals surface area contributed by atoms with Crippen molar-refractivity contribution in [1.29, 1.82) is 0 Å². The van der Waals surface area contributed by atoms with Gasteiger partial charge in [0.2, 0.25) is 5.91 Å². The minimum atomic E-state index is -1.03. The highest BCUT2D eigenvalue weighted by atomic mass is 19.1. The third-order valence-corrected chi connectivity index (χ3v) is 7.60. The van der Waals surface area contributed by atoms with E-state index in [4.69, 9.17) is 9.26 Å². The molecule has 2 aromatic carbocycles. The summed E-state index contributed by atoms with van der Waals surface area (Å²) in [7, 11) is 0. The van der Waals surface area contributed by atoms with Crippen LogP contribution in [0.25, 0.3) is 0 Å². The van der Waals surface area contributed by atoms with Gasteiger partial charge in [-0.1, -0.05) is 23.4 Å². The molecule has 2 aliphatic rings. The van der Waals surface area contributed by atoms with Gasteiger partial charge >= 0.3 is 0 Å². The molecule has 8 heteroatoms. The van der Waals surface area contributed by atoms with E-state index >= 15 is 0 Å². The number of anilines is 1. The van der Waals surface area contributed by atoms with Gasteiger partial charge in [0.15, 0.2) is 5.78 Å². The van der Waals surface area contributed by atoms with E-state index in [9.17, 15) is 14.0 Å². The second-order valence-electron chi connectivity index (χ2n) is 10.8. The largest absolute Gasteiger partial charge is 0.491 e. The molecule has 38 heavy (non-hydrogen) atoms. The number of ketones is 1. The minimum absolute atomic E-state index is 0.0132. The zero-order valence-corrected chi connectivity index (χ0v) is 22.3. The second kappa shape index (κ2) is 10.3. The monoisotopic (exact) mass is 519 g/mol. The molecule has 0 radical (unpaired) electrons. The molecule has 2 saturated heterocycles. The van der Waals surface area contributed by atoms with Crippen LogP contribution in [0.4, 0.5) is 10.1 Å². The quantitative estimate of drug-likeness (QED) is 0.404. The summed E-state index contributed by atoms with van der Waals surface area (Å²) in [5.41, 5.74) is 1.08. The molecule has 0 bridgehead atoms.